The number of carbonyl (C=O) groups is 2. The summed E-state index contributed by atoms with van der Waals surface area (Å²) in [4.78, 5) is 20.8. The third-order valence-corrected chi connectivity index (χ3v) is 2.66. The molecule has 0 aliphatic rings. The highest BCUT2D eigenvalue weighted by molar-refractivity contribution is 5.76. The van der Waals surface area contributed by atoms with E-state index in [9.17, 15) is 14.8 Å². The van der Waals surface area contributed by atoms with E-state index in [1.165, 1.54) is 5.48 Å². The lowest BCUT2D eigenvalue weighted by Gasteiger charge is -2.06. The van der Waals surface area contributed by atoms with Crippen LogP contribution in [0.15, 0.2) is 0 Å². The predicted molar refractivity (Wildman–Crippen MR) is 65.3 cm³/mol. The van der Waals surface area contributed by atoms with Crippen LogP contribution >= 0.6 is 0 Å². The third kappa shape index (κ3) is 12.8. The molecule has 5 nitrogen and oxygen atoms in total. The zero-order valence-electron chi connectivity index (χ0n) is 10.2. The summed E-state index contributed by atoms with van der Waals surface area (Å²) < 4.78 is 0. The van der Waals surface area contributed by atoms with Gasteiger partial charge in [0.2, 0.25) is 5.91 Å². The Hall–Kier alpha value is -1.10. The van der Waals surface area contributed by atoms with E-state index in [-0.39, 0.29) is 6.42 Å². The molecule has 0 unspecified atom stereocenters. The van der Waals surface area contributed by atoms with E-state index in [2.05, 4.69) is 0 Å². The van der Waals surface area contributed by atoms with Crippen molar-refractivity contribution in [3.63, 3.8) is 0 Å². The molecule has 0 aromatic heterocycles. The van der Waals surface area contributed by atoms with Gasteiger partial charge >= 0.3 is 5.97 Å². The maximum absolute atomic E-state index is 10.6. The number of aliphatic carboxylic acids is 1. The molecule has 0 fully saturated rings. The number of carboxylic acid groups (broad SMARTS) is 1. The average Bonchev–Trinajstić information content (AvgIpc) is 2.30. The largest absolute Gasteiger partial charge is 0.759 e. The molecule has 0 bridgehead atoms. The van der Waals surface area contributed by atoms with Crippen LogP contribution in [0.3, 0.4) is 0 Å². The van der Waals surface area contributed by atoms with Gasteiger partial charge in [-0.25, -0.2) is 0 Å². The minimum absolute atomic E-state index is 0.268. The second-order valence-electron chi connectivity index (χ2n) is 4.25. The van der Waals surface area contributed by atoms with Crippen molar-refractivity contribution in [1.29, 1.82) is 0 Å². The third-order valence-electron chi connectivity index (χ3n) is 2.66. The second-order valence-corrected chi connectivity index (χ2v) is 4.25. The van der Waals surface area contributed by atoms with E-state index in [1.807, 2.05) is 0 Å². The van der Waals surface area contributed by atoms with Gasteiger partial charge in [-0.05, 0) is 12.8 Å². The van der Waals surface area contributed by atoms with Gasteiger partial charge < -0.3 is 15.8 Å². The van der Waals surface area contributed by atoms with E-state index >= 15 is 0 Å². The number of carboxylic acids is 1. The van der Waals surface area contributed by atoms with Crippen molar-refractivity contribution in [1.82, 2.24) is 5.48 Å². The normalized spacial score (nSPS) is 10.2. The summed E-state index contributed by atoms with van der Waals surface area (Å²) in [6.07, 6.45) is 8.46. The van der Waals surface area contributed by atoms with Crippen LogP contribution in [0.25, 0.3) is 0 Å². The van der Waals surface area contributed by atoms with Gasteiger partial charge in [-0.3, -0.25) is 9.59 Å². The molecule has 0 saturated carbocycles. The maximum Gasteiger partial charge on any atom is 0.303 e. The fourth-order valence-corrected chi connectivity index (χ4v) is 1.67. The minimum Gasteiger partial charge on any atom is -0.759 e. The summed E-state index contributed by atoms with van der Waals surface area (Å²) in [7, 11) is 0. The first-order valence-electron chi connectivity index (χ1n) is 6.29. The monoisotopic (exact) mass is 244 g/mol. The molecule has 0 spiro atoms. The van der Waals surface area contributed by atoms with Gasteiger partial charge in [0.1, 0.15) is 0 Å². The van der Waals surface area contributed by atoms with E-state index in [4.69, 9.17) is 5.11 Å². The second kappa shape index (κ2) is 11.4. The first kappa shape index (κ1) is 15.9. The molecule has 5 heteroatoms. The molecule has 0 aromatic rings. The number of hydrogen-bond donors (Lipinski definition) is 2. The average molecular weight is 244 g/mol. The molecule has 0 radical (unpaired) electrons. The van der Waals surface area contributed by atoms with E-state index < -0.39 is 11.9 Å². The lowest BCUT2D eigenvalue weighted by Crippen LogP contribution is -2.14. The molecule has 2 N–H and O–H groups in total. The fourth-order valence-electron chi connectivity index (χ4n) is 1.67. The number of unbranched alkanes of at least 4 members (excludes halogenated alkanes) is 7. The number of amides is 1. The van der Waals surface area contributed by atoms with E-state index in [1.54, 1.807) is 0 Å². The molecule has 0 saturated heterocycles. The Morgan fingerprint density at radius 3 is 1.65 bits per heavy atom. The van der Waals surface area contributed by atoms with Gasteiger partial charge in [0.05, 0.1) is 0 Å². The molecule has 0 aromatic carbocycles. The van der Waals surface area contributed by atoms with Gasteiger partial charge in [0.15, 0.2) is 0 Å². The summed E-state index contributed by atoms with van der Waals surface area (Å²) in [6.45, 7) is 0. The highest BCUT2D eigenvalue weighted by atomic mass is 16.5. The van der Waals surface area contributed by atoms with Gasteiger partial charge in [-0.15, -0.1) is 0 Å². The number of hydroxylamine groups is 1. The Labute approximate surface area is 102 Å². The number of rotatable bonds is 11. The Morgan fingerprint density at radius 1 is 0.824 bits per heavy atom. The Bertz CT molecular complexity index is 219. The molecule has 0 rings (SSSR count). The summed E-state index contributed by atoms with van der Waals surface area (Å²) in [5, 5.41) is 18.3. The van der Waals surface area contributed by atoms with E-state index in [0.29, 0.717) is 6.42 Å². The summed E-state index contributed by atoms with van der Waals surface area (Å²) in [6, 6.07) is 0. The molecule has 0 aliphatic carbocycles. The Kier molecular flexibility index (Phi) is 10.7. The zero-order chi connectivity index (χ0) is 12.9. The fraction of sp³-hybridized carbons (Fsp3) is 0.833. The summed E-state index contributed by atoms with van der Waals surface area (Å²) >= 11 is 0. The lowest BCUT2D eigenvalue weighted by atomic mass is 10.1. The lowest BCUT2D eigenvalue weighted by molar-refractivity contribution is -0.137. The molecule has 0 heterocycles. The molecule has 0 atom stereocenters. The Balaban J connectivity index is 3.03. The highest BCUT2D eigenvalue weighted by Gasteiger charge is 1.97. The quantitative estimate of drug-likeness (QED) is 0.432. The molecule has 0 aliphatic heterocycles. The summed E-state index contributed by atoms with van der Waals surface area (Å²) in [5.74, 6) is -1.15. The van der Waals surface area contributed by atoms with Crippen molar-refractivity contribution in [2.75, 3.05) is 0 Å². The van der Waals surface area contributed by atoms with Crippen LogP contribution in [0.2, 0.25) is 0 Å². The van der Waals surface area contributed by atoms with Crippen molar-refractivity contribution >= 4 is 11.9 Å². The SMILES string of the molecule is O=C(O)CCCCCCCCCCC(=O)N[O-]. The van der Waals surface area contributed by atoms with Crippen LogP contribution < -0.4 is 5.48 Å². The maximum atomic E-state index is 10.6. The molecule has 100 valence electrons. The predicted octanol–water partition coefficient (Wildman–Crippen LogP) is 2.59. The molecule has 1 amide bonds. The van der Waals surface area contributed by atoms with Gasteiger partial charge in [-0.2, -0.15) is 0 Å². The van der Waals surface area contributed by atoms with Crippen LogP contribution in [-0.4, -0.2) is 17.0 Å². The van der Waals surface area contributed by atoms with Gasteiger partial charge in [0.25, 0.3) is 0 Å². The van der Waals surface area contributed by atoms with Crippen molar-refractivity contribution in [2.24, 2.45) is 0 Å². The van der Waals surface area contributed by atoms with E-state index in [0.717, 1.165) is 51.4 Å². The van der Waals surface area contributed by atoms with Crippen molar-refractivity contribution in [3.05, 3.63) is 5.21 Å². The van der Waals surface area contributed by atoms with Gasteiger partial charge in [-0.1, -0.05) is 38.5 Å². The van der Waals surface area contributed by atoms with Gasteiger partial charge in [0, 0.05) is 12.8 Å². The smallest absolute Gasteiger partial charge is 0.303 e. The number of hydrogen-bond acceptors (Lipinski definition) is 3. The zero-order valence-corrected chi connectivity index (χ0v) is 10.2. The number of carbonyl (C=O) groups excluding carboxylic acids is 1. The Morgan fingerprint density at radius 2 is 1.24 bits per heavy atom. The topological polar surface area (TPSA) is 89.5 Å². The standard InChI is InChI=1S/C12H22NO4/c14-11(13-17)9-7-5-3-1-2-4-6-8-10-12(15)16/h1-10H2,(H2-,13,14,15,16,17)/q-1. The van der Waals surface area contributed by atoms with Crippen LogP contribution in [-0.2, 0) is 9.59 Å². The minimum atomic E-state index is -0.721. The van der Waals surface area contributed by atoms with Crippen molar-refractivity contribution in [3.8, 4) is 0 Å². The van der Waals surface area contributed by atoms with Crippen molar-refractivity contribution in [2.45, 2.75) is 64.2 Å². The first-order chi connectivity index (χ1) is 8.16. The van der Waals surface area contributed by atoms with Crippen LogP contribution in [0.1, 0.15) is 64.2 Å². The highest BCUT2D eigenvalue weighted by Crippen LogP contribution is 2.10. The van der Waals surface area contributed by atoms with Crippen LogP contribution in [0.5, 0.6) is 0 Å². The molecule has 17 heavy (non-hydrogen) atoms. The van der Waals surface area contributed by atoms with Crippen molar-refractivity contribution < 1.29 is 14.7 Å². The van der Waals surface area contributed by atoms with Crippen LogP contribution in [0, 0.1) is 5.21 Å². The summed E-state index contributed by atoms with van der Waals surface area (Å²) in [5.41, 5.74) is 1.36. The molecular formula is C12H22NO4-. The first-order valence-corrected chi connectivity index (χ1v) is 6.29. The number of nitrogens with one attached hydrogen (secondary N) is 1. The van der Waals surface area contributed by atoms with Crippen LogP contribution in [0.4, 0.5) is 0 Å². The molecular weight excluding hydrogens is 222 g/mol.